The Labute approximate surface area is 166 Å². The van der Waals surface area contributed by atoms with Crippen molar-refractivity contribution in [1.82, 2.24) is 0 Å². The molecule has 3 rings (SSSR count). The molecular weight excluding hydrogens is 350 g/mol. The van der Waals surface area contributed by atoms with Crippen molar-refractivity contribution in [3.05, 3.63) is 90.5 Å². The molecule has 0 aliphatic rings. The van der Waals surface area contributed by atoms with Gasteiger partial charge < -0.3 is 14.8 Å². The molecule has 0 atom stereocenters. The minimum absolute atomic E-state index is 0.00693. The van der Waals surface area contributed by atoms with Gasteiger partial charge in [0.2, 0.25) is 5.91 Å². The molecule has 3 aromatic carbocycles. The van der Waals surface area contributed by atoms with Gasteiger partial charge in [-0.15, -0.1) is 0 Å². The second-order valence-corrected chi connectivity index (χ2v) is 6.39. The Morgan fingerprint density at radius 1 is 0.750 bits per heavy atom. The lowest BCUT2D eigenvalue weighted by Crippen LogP contribution is -2.14. The number of anilines is 1. The maximum atomic E-state index is 12.3. The zero-order valence-electron chi connectivity index (χ0n) is 15.8. The van der Waals surface area contributed by atoms with Crippen LogP contribution in [0.5, 0.6) is 11.5 Å². The molecule has 0 bridgehead atoms. The normalized spacial score (nSPS) is 10.3. The van der Waals surface area contributed by atoms with E-state index in [0.717, 1.165) is 18.6 Å². The van der Waals surface area contributed by atoms with Gasteiger partial charge in [0.15, 0.2) is 0 Å². The van der Waals surface area contributed by atoms with Gasteiger partial charge in [-0.25, -0.2) is 0 Å². The number of hydrogen-bond donors (Lipinski definition) is 1. The van der Waals surface area contributed by atoms with Crippen LogP contribution in [0, 0.1) is 0 Å². The van der Waals surface area contributed by atoms with Gasteiger partial charge in [-0.05, 0) is 42.7 Å². The first-order valence-electron chi connectivity index (χ1n) is 9.55. The zero-order valence-corrected chi connectivity index (χ0v) is 15.8. The van der Waals surface area contributed by atoms with Crippen LogP contribution in [0.25, 0.3) is 0 Å². The molecule has 0 spiro atoms. The summed E-state index contributed by atoms with van der Waals surface area (Å²) in [6, 6.07) is 27.3. The van der Waals surface area contributed by atoms with E-state index in [1.54, 1.807) is 0 Å². The molecule has 4 nitrogen and oxygen atoms in total. The number of hydrogen-bond acceptors (Lipinski definition) is 3. The number of ether oxygens (including phenoxy) is 2. The highest BCUT2D eigenvalue weighted by atomic mass is 16.5. The van der Waals surface area contributed by atoms with Crippen molar-refractivity contribution in [3.63, 3.8) is 0 Å². The number of carbonyl (C=O) groups excluding carboxylic acids is 1. The van der Waals surface area contributed by atoms with E-state index in [-0.39, 0.29) is 5.91 Å². The third-order valence-electron chi connectivity index (χ3n) is 4.23. The molecule has 0 radical (unpaired) electrons. The van der Waals surface area contributed by atoms with Gasteiger partial charge in [-0.3, -0.25) is 4.79 Å². The lowest BCUT2D eigenvalue weighted by Gasteiger charge is -2.13. The number of nitrogens with one attached hydrogen (secondary N) is 1. The Kier molecular flexibility index (Phi) is 7.50. The average Bonchev–Trinajstić information content (AvgIpc) is 2.74. The molecule has 0 aromatic heterocycles. The predicted octanol–water partition coefficient (Wildman–Crippen LogP) is 5.11. The van der Waals surface area contributed by atoms with E-state index < -0.39 is 0 Å². The summed E-state index contributed by atoms with van der Waals surface area (Å²) >= 11 is 0. The van der Waals surface area contributed by atoms with Gasteiger partial charge in [0.25, 0.3) is 0 Å². The molecule has 0 unspecified atom stereocenters. The number of aryl methyl sites for hydroxylation is 1. The Balaban J connectivity index is 1.43. The smallest absolute Gasteiger partial charge is 0.224 e. The summed E-state index contributed by atoms with van der Waals surface area (Å²) in [7, 11) is 0. The lowest BCUT2D eigenvalue weighted by molar-refractivity contribution is -0.116. The van der Waals surface area contributed by atoms with Crippen LogP contribution in [-0.2, 0) is 11.2 Å². The molecule has 0 heterocycles. The summed E-state index contributed by atoms with van der Waals surface area (Å²) in [4.78, 5) is 12.3. The molecule has 0 aliphatic carbocycles. The summed E-state index contributed by atoms with van der Waals surface area (Å²) in [5.41, 5.74) is 1.93. The number of carbonyl (C=O) groups is 1. The van der Waals surface area contributed by atoms with Crippen LogP contribution in [0.4, 0.5) is 5.69 Å². The first-order valence-corrected chi connectivity index (χ1v) is 9.55. The highest BCUT2D eigenvalue weighted by Gasteiger charge is 2.08. The van der Waals surface area contributed by atoms with Gasteiger partial charge in [0.1, 0.15) is 24.7 Å². The van der Waals surface area contributed by atoms with Crippen molar-refractivity contribution < 1.29 is 14.3 Å². The van der Waals surface area contributed by atoms with E-state index in [2.05, 4.69) is 17.4 Å². The van der Waals surface area contributed by atoms with Crippen molar-refractivity contribution in [2.24, 2.45) is 0 Å². The maximum Gasteiger partial charge on any atom is 0.224 e. The topological polar surface area (TPSA) is 47.6 Å². The molecule has 0 fully saturated rings. The van der Waals surface area contributed by atoms with Gasteiger partial charge in [-0.1, -0.05) is 60.7 Å². The third-order valence-corrected chi connectivity index (χ3v) is 4.23. The first kappa shape index (κ1) is 19.5. The fourth-order valence-electron chi connectivity index (χ4n) is 2.83. The number of rotatable bonds is 10. The van der Waals surface area contributed by atoms with E-state index in [0.29, 0.717) is 31.1 Å². The van der Waals surface area contributed by atoms with Crippen LogP contribution in [-0.4, -0.2) is 19.1 Å². The maximum absolute atomic E-state index is 12.3. The van der Waals surface area contributed by atoms with Gasteiger partial charge in [-0.2, -0.15) is 0 Å². The Morgan fingerprint density at radius 3 is 2.18 bits per heavy atom. The van der Waals surface area contributed by atoms with Crippen LogP contribution in [0.1, 0.15) is 18.4 Å². The van der Waals surface area contributed by atoms with E-state index in [9.17, 15) is 4.79 Å². The van der Waals surface area contributed by atoms with E-state index in [1.807, 2.05) is 72.8 Å². The molecule has 4 heteroatoms. The monoisotopic (exact) mass is 375 g/mol. The van der Waals surface area contributed by atoms with Crippen molar-refractivity contribution in [2.75, 3.05) is 18.5 Å². The molecule has 0 saturated carbocycles. The Hall–Kier alpha value is -3.27. The summed E-state index contributed by atoms with van der Waals surface area (Å²) in [5.74, 6) is 1.45. The minimum atomic E-state index is -0.00693. The van der Waals surface area contributed by atoms with Crippen LogP contribution in [0.3, 0.4) is 0 Å². The summed E-state index contributed by atoms with van der Waals surface area (Å²) < 4.78 is 11.4. The molecule has 0 saturated heterocycles. The van der Waals surface area contributed by atoms with Crippen LogP contribution < -0.4 is 14.8 Å². The number of amides is 1. The largest absolute Gasteiger partial charge is 0.490 e. The molecule has 3 aromatic rings. The van der Waals surface area contributed by atoms with E-state index >= 15 is 0 Å². The molecule has 0 aliphatic heterocycles. The van der Waals surface area contributed by atoms with E-state index in [4.69, 9.17) is 9.47 Å². The minimum Gasteiger partial charge on any atom is -0.490 e. The van der Waals surface area contributed by atoms with Gasteiger partial charge >= 0.3 is 0 Å². The molecule has 28 heavy (non-hydrogen) atoms. The number of para-hydroxylation sites is 3. The van der Waals surface area contributed by atoms with Crippen molar-refractivity contribution in [2.45, 2.75) is 19.3 Å². The second-order valence-electron chi connectivity index (χ2n) is 6.39. The number of benzene rings is 3. The zero-order chi connectivity index (χ0) is 19.4. The quantitative estimate of drug-likeness (QED) is 0.501. The average molecular weight is 375 g/mol. The summed E-state index contributed by atoms with van der Waals surface area (Å²) in [6.45, 7) is 0.832. The molecule has 1 N–H and O–H groups in total. The standard InChI is InChI=1S/C24H25NO3/c26-24(17-9-12-20-10-3-1-4-11-20)25-22-15-7-8-16-23(22)28-19-18-27-21-13-5-2-6-14-21/h1-8,10-11,13-16H,9,12,17-19H2,(H,25,26). The van der Waals surface area contributed by atoms with Crippen LogP contribution in [0.2, 0.25) is 0 Å². The van der Waals surface area contributed by atoms with Crippen molar-refractivity contribution in [3.8, 4) is 11.5 Å². The lowest BCUT2D eigenvalue weighted by atomic mass is 10.1. The summed E-state index contributed by atoms with van der Waals surface area (Å²) in [6.07, 6.45) is 2.17. The Morgan fingerprint density at radius 2 is 1.39 bits per heavy atom. The fourth-order valence-corrected chi connectivity index (χ4v) is 2.83. The third kappa shape index (κ3) is 6.47. The molecular formula is C24H25NO3. The van der Waals surface area contributed by atoms with Crippen LogP contribution >= 0.6 is 0 Å². The van der Waals surface area contributed by atoms with Crippen LogP contribution in [0.15, 0.2) is 84.9 Å². The van der Waals surface area contributed by atoms with Gasteiger partial charge in [0, 0.05) is 6.42 Å². The fraction of sp³-hybridized carbons (Fsp3) is 0.208. The van der Waals surface area contributed by atoms with Crippen molar-refractivity contribution in [1.29, 1.82) is 0 Å². The highest BCUT2D eigenvalue weighted by Crippen LogP contribution is 2.24. The van der Waals surface area contributed by atoms with Crippen molar-refractivity contribution >= 4 is 11.6 Å². The summed E-state index contributed by atoms with van der Waals surface area (Å²) in [5, 5.41) is 2.95. The highest BCUT2D eigenvalue weighted by molar-refractivity contribution is 5.92. The SMILES string of the molecule is O=C(CCCc1ccccc1)Nc1ccccc1OCCOc1ccccc1. The molecule has 1 amide bonds. The van der Waals surface area contributed by atoms with E-state index in [1.165, 1.54) is 5.56 Å². The van der Waals surface area contributed by atoms with Gasteiger partial charge in [0.05, 0.1) is 5.69 Å². The Bertz CT molecular complexity index is 850. The molecule has 144 valence electrons. The first-order chi connectivity index (χ1) is 13.8. The second kappa shape index (κ2) is 10.8. The predicted molar refractivity (Wildman–Crippen MR) is 112 cm³/mol.